The van der Waals surface area contributed by atoms with Gasteiger partial charge in [0.05, 0.1) is 0 Å². The number of aromatic hydroxyl groups is 4. The molecule has 3 rings (SSSR count). The summed E-state index contributed by atoms with van der Waals surface area (Å²) in [6, 6.07) is 6.41. The smallest absolute Gasteiger partial charge is 0.340 e. The minimum atomic E-state index is -1.37. The largest absolute Gasteiger partial charge is 0.507 e. The van der Waals surface area contributed by atoms with Crippen LogP contribution in [0.1, 0.15) is 31.1 Å². The normalized spacial score (nSPS) is 10.2. The molecule has 0 aliphatic heterocycles. The number of hydrogen-bond donors (Lipinski definition) is 8. The standard InChI is InChI=1S/C12H8O6.C8H8O6/c13-7-3-1-5-6(10(7)12(17)18)2-4-8(14)9(5)11(15)16;9-3-14-7-2-5(10)4(8(12)13)1-6(7)11/h1-4,13-14H,(H,15,16)(H,17,18);1-2,9-11H,3H2,(H,12,13). The lowest BCUT2D eigenvalue weighted by Crippen LogP contribution is -2.02. The fourth-order valence-electron chi connectivity index (χ4n) is 2.75. The minimum absolute atomic E-state index is 0.0534. The zero-order chi connectivity index (χ0) is 24.2. The average molecular weight is 448 g/mol. The molecule has 3 aromatic rings. The zero-order valence-corrected chi connectivity index (χ0v) is 15.9. The van der Waals surface area contributed by atoms with Gasteiger partial charge in [0.1, 0.15) is 33.9 Å². The van der Waals surface area contributed by atoms with E-state index in [1.165, 1.54) is 12.1 Å². The molecule has 0 aliphatic rings. The topological polar surface area (TPSA) is 222 Å². The summed E-state index contributed by atoms with van der Waals surface area (Å²) in [5.74, 6) is -6.23. The highest BCUT2D eigenvalue weighted by Gasteiger charge is 2.20. The monoisotopic (exact) mass is 448 g/mol. The minimum Gasteiger partial charge on any atom is -0.507 e. The van der Waals surface area contributed by atoms with E-state index in [4.69, 9.17) is 25.5 Å². The lowest BCUT2D eigenvalue weighted by molar-refractivity contribution is 0.0682. The highest BCUT2D eigenvalue weighted by atomic mass is 16.6. The number of phenols is 4. The summed E-state index contributed by atoms with van der Waals surface area (Å²) in [5.41, 5.74) is -1.22. The Morgan fingerprint density at radius 3 is 1.50 bits per heavy atom. The molecule has 168 valence electrons. The van der Waals surface area contributed by atoms with Crippen molar-refractivity contribution in [3.05, 3.63) is 53.1 Å². The van der Waals surface area contributed by atoms with E-state index in [1.807, 2.05) is 0 Å². The molecule has 32 heavy (non-hydrogen) atoms. The van der Waals surface area contributed by atoms with Crippen LogP contribution < -0.4 is 4.74 Å². The Hall–Kier alpha value is -4.71. The maximum absolute atomic E-state index is 11.0. The number of carboxylic acids is 3. The van der Waals surface area contributed by atoms with Gasteiger partial charge in [0.2, 0.25) is 0 Å². The van der Waals surface area contributed by atoms with Crippen LogP contribution in [-0.4, -0.2) is 65.6 Å². The first-order valence-corrected chi connectivity index (χ1v) is 8.46. The van der Waals surface area contributed by atoms with Crippen LogP contribution in [0.5, 0.6) is 28.7 Å². The van der Waals surface area contributed by atoms with Gasteiger partial charge in [-0.05, 0) is 24.3 Å². The van der Waals surface area contributed by atoms with Gasteiger partial charge in [-0.3, -0.25) is 0 Å². The van der Waals surface area contributed by atoms with Gasteiger partial charge in [-0.1, -0.05) is 0 Å². The predicted octanol–water partition coefficient (Wildman–Crippen LogP) is 1.77. The molecular formula is C20H16O12. The fourth-order valence-corrected chi connectivity index (χ4v) is 2.75. The van der Waals surface area contributed by atoms with Gasteiger partial charge in [-0.15, -0.1) is 0 Å². The van der Waals surface area contributed by atoms with Crippen molar-refractivity contribution in [1.29, 1.82) is 0 Å². The molecule has 0 aliphatic carbocycles. The van der Waals surface area contributed by atoms with Crippen molar-refractivity contribution in [2.75, 3.05) is 6.79 Å². The number of carboxylic acid groups (broad SMARTS) is 3. The maximum Gasteiger partial charge on any atom is 0.340 e. The number of aliphatic hydroxyl groups is 1. The summed E-state index contributed by atoms with van der Waals surface area (Å²) < 4.78 is 4.50. The number of aromatic carboxylic acids is 3. The molecule has 3 aromatic carbocycles. The van der Waals surface area contributed by atoms with E-state index in [0.717, 1.165) is 24.3 Å². The van der Waals surface area contributed by atoms with Gasteiger partial charge in [-0.2, -0.15) is 0 Å². The second kappa shape index (κ2) is 9.40. The van der Waals surface area contributed by atoms with Crippen molar-refractivity contribution in [1.82, 2.24) is 0 Å². The third kappa shape index (κ3) is 4.71. The number of aliphatic hydroxyl groups excluding tert-OH is 1. The van der Waals surface area contributed by atoms with Crippen LogP contribution in [0.2, 0.25) is 0 Å². The molecule has 0 spiro atoms. The molecule has 0 radical (unpaired) electrons. The summed E-state index contributed by atoms with van der Waals surface area (Å²) in [7, 11) is 0. The quantitative estimate of drug-likeness (QED) is 0.207. The highest BCUT2D eigenvalue weighted by Crippen LogP contribution is 2.34. The van der Waals surface area contributed by atoms with E-state index < -0.39 is 64.4 Å². The Morgan fingerprint density at radius 2 is 1.12 bits per heavy atom. The fraction of sp³-hybridized carbons (Fsp3) is 0.0500. The summed E-state index contributed by atoms with van der Waals surface area (Å²) in [6.07, 6.45) is 0. The highest BCUT2D eigenvalue weighted by molar-refractivity contribution is 6.13. The number of ether oxygens (including phenoxy) is 1. The number of benzene rings is 3. The Morgan fingerprint density at radius 1 is 0.656 bits per heavy atom. The van der Waals surface area contributed by atoms with Crippen molar-refractivity contribution < 1.29 is 60.0 Å². The Bertz CT molecular complexity index is 1160. The van der Waals surface area contributed by atoms with E-state index in [-0.39, 0.29) is 16.5 Å². The third-order valence-corrected chi connectivity index (χ3v) is 4.11. The molecular weight excluding hydrogens is 432 g/mol. The molecule has 12 nitrogen and oxygen atoms in total. The average Bonchev–Trinajstić information content (AvgIpc) is 2.70. The molecule has 0 bridgehead atoms. The third-order valence-electron chi connectivity index (χ3n) is 4.11. The van der Waals surface area contributed by atoms with Crippen LogP contribution in [-0.2, 0) is 0 Å². The van der Waals surface area contributed by atoms with E-state index in [1.54, 1.807) is 0 Å². The molecule has 0 amide bonds. The van der Waals surface area contributed by atoms with E-state index in [2.05, 4.69) is 4.74 Å². The lowest BCUT2D eigenvalue weighted by atomic mass is 9.98. The van der Waals surface area contributed by atoms with Gasteiger partial charge < -0.3 is 45.6 Å². The molecule has 12 heteroatoms. The summed E-state index contributed by atoms with van der Waals surface area (Å²) in [5, 5.41) is 72.3. The molecule has 0 fully saturated rings. The molecule has 8 N–H and O–H groups in total. The van der Waals surface area contributed by atoms with Crippen molar-refractivity contribution in [2.24, 2.45) is 0 Å². The molecule has 0 aromatic heterocycles. The Kier molecular flexibility index (Phi) is 6.92. The number of carbonyl (C=O) groups is 3. The van der Waals surface area contributed by atoms with Crippen LogP contribution >= 0.6 is 0 Å². The first kappa shape index (κ1) is 23.6. The number of phenolic OH excluding ortho intramolecular Hbond substituents is 1. The van der Waals surface area contributed by atoms with Crippen LogP contribution in [0.4, 0.5) is 0 Å². The van der Waals surface area contributed by atoms with Crippen LogP contribution in [0.15, 0.2) is 36.4 Å². The molecule has 0 saturated carbocycles. The van der Waals surface area contributed by atoms with Crippen LogP contribution in [0, 0.1) is 0 Å². The maximum atomic E-state index is 11.0. The van der Waals surface area contributed by atoms with Crippen molar-refractivity contribution in [3.63, 3.8) is 0 Å². The van der Waals surface area contributed by atoms with Gasteiger partial charge in [-0.25, -0.2) is 14.4 Å². The summed E-state index contributed by atoms with van der Waals surface area (Å²) >= 11 is 0. The summed E-state index contributed by atoms with van der Waals surface area (Å²) in [4.78, 5) is 32.5. The Labute approximate surface area is 178 Å². The lowest BCUT2D eigenvalue weighted by Gasteiger charge is -2.08. The van der Waals surface area contributed by atoms with Gasteiger partial charge in [0, 0.05) is 22.9 Å². The van der Waals surface area contributed by atoms with E-state index in [0.29, 0.717) is 0 Å². The molecule has 0 unspecified atom stereocenters. The van der Waals surface area contributed by atoms with Gasteiger partial charge in [0.25, 0.3) is 0 Å². The van der Waals surface area contributed by atoms with Crippen molar-refractivity contribution in [3.8, 4) is 28.7 Å². The van der Waals surface area contributed by atoms with Crippen molar-refractivity contribution >= 4 is 28.7 Å². The number of fused-ring (bicyclic) bond motifs is 1. The SMILES string of the molecule is O=C(O)c1c(O)ccc2c(C(=O)O)c(O)ccc12.O=C(O)c1cc(O)c(OCO)cc1O. The van der Waals surface area contributed by atoms with Gasteiger partial charge >= 0.3 is 17.9 Å². The van der Waals surface area contributed by atoms with Crippen LogP contribution in [0.25, 0.3) is 10.8 Å². The molecule has 0 atom stereocenters. The Balaban J connectivity index is 0.000000235. The first-order valence-electron chi connectivity index (χ1n) is 8.46. The second-order valence-electron chi connectivity index (χ2n) is 6.04. The predicted molar refractivity (Wildman–Crippen MR) is 106 cm³/mol. The van der Waals surface area contributed by atoms with Gasteiger partial charge in [0.15, 0.2) is 18.3 Å². The van der Waals surface area contributed by atoms with Crippen molar-refractivity contribution in [2.45, 2.75) is 0 Å². The second-order valence-corrected chi connectivity index (χ2v) is 6.04. The first-order chi connectivity index (χ1) is 15.0. The zero-order valence-electron chi connectivity index (χ0n) is 15.9. The molecule has 0 heterocycles. The van der Waals surface area contributed by atoms with Crippen LogP contribution in [0.3, 0.4) is 0 Å². The number of hydrogen-bond acceptors (Lipinski definition) is 9. The molecule has 0 saturated heterocycles. The van der Waals surface area contributed by atoms with E-state index in [9.17, 15) is 29.7 Å². The summed E-state index contributed by atoms with van der Waals surface area (Å²) in [6.45, 7) is -0.681. The number of rotatable bonds is 5. The van der Waals surface area contributed by atoms with E-state index >= 15 is 0 Å².